The third kappa shape index (κ3) is 2.79. The minimum Gasteiger partial charge on any atom is -0.317 e. The van der Waals surface area contributed by atoms with E-state index in [0.717, 1.165) is 31.8 Å². The summed E-state index contributed by atoms with van der Waals surface area (Å²) in [4.78, 5) is 9.10. The van der Waals surface area contributed by atoms with Crippen LogP contribution in [0.3, 0.4) is 0 Å². The van der Waals surface area contributed by atoms with Gasteiger partial charge in [0.2, 0.25) is 0 Å². The van der Waals surface area contributed by atoms with E-state index in [4.69, 9.17) is 0 Å². The number of aromatic nitrogens is 2. The third-order valence-electron chi connectivity index (χ3n) is 3.21. The van der Waals surface area contributed by atoms with Gasteiger partial charge in [0, 0.05) is 11.4 Å². The monoisotopic (exact) mass is 219 g/mol. The summed E-state index contributed by atoms with van der Waals surface area (Å²) >= 11 is 0. The lowest BCUT2D eigenvalue weighted by atomic mass is 10.0. The number of nitrogens with one attached hydrogen (secondary N) is 1. The first-order chi connectivity index (χ1) is 7.77. The smallest absolute Gasteiger partial charge is 0.125 e. The van der Waals surface area contributed by atoms with Gasteiger partial charge in [-0.05, 0) is 64.6 Å². The minimum absolute atomic E-state index is 0.923. The van der Waals surface area contributed by atoms with Gasteiger partial charge in [0.1, 0.15) is 5.82 Å². The van der Waals surface area contributed by atoms with Crippen LogP contribution in [-0.4, -0.2) is 23.1 Å². The van der Waals surface area contributed by atoms with E-state index >= 15 is 0 Å². The van der Waals surface area contributed by atoms with Gasteiger partial charge in [-0.3, -0.25) is 0 Å². The highest BCUT2D eigenvalue weighted by molar-refractivity contribution is 5.25. The van der Waals surface area contributed by atoms with Gasteiger partial charge in [0.25, 0.3) is 0 Å². The zero-order chi connectivity index (χ0) is 11.4. The van der Waals surface area contributed by atoms with Gasteiger partial charge in [-0.2, -0.15) is 0 Å². The maximum atomic E-state index is 4.62. The Hall–Kier alpha value is -0.960. The molecular weight excluding hydrogens is 198 g/mol. The molecule has 1 N–H and O–H groups in total. The lowest BCUT2D eigenvalue weighted by Gasteiger charge is -2.14. The van der Waals surface area contributed by atoms with Crippen LogP contribution in [0, 0.1) is 13.8 Å². The summed E-state index contributed by atoms with van der Waals surface area (Å²) in [7, 11) is 0. The molecular formula is C13H21N3. The Morgan fingerprint density at radius 1 is 0.938 bits per heavy atom. The molecule has 0 saturated carbocycles. The molecule has 3 heteroatoms. The summed E-state index contributed by atoms with van der Waals surface area (Å²) in [6.07, 6.45) is 5.91. The molecule has 0 saturated heterocycles. The molecule has 0 bridgehead atoms. The van der Waals surface area contributed by atoms with E-state index in [9.17, 15) is 0 Å². The van der Waals surface area contributed by atoms with Crippen LogP contribution in [0.15, 0.2) is 0 Å². The van der Waals surface area contributed by atoms with Gasteiger partial charge in [-0.15, -0.1) is 0 Å². The molecule has 0 aromatic carbocycles. The van der Waals surface area contributed by atoms with Gasteiger partial charge in [-0.25, -0.2) is 9.97 Å². The molecule has 0 radical (unpaired) electrons. The quantitative estimate of drug-likeness (QED) is 0.724. The van der Waals surface area contributed by atoms with Gasteiger partial charge < -0.3 is 5.32 Å². The number of nitrogens with zero attached hydrogens (tertiary/aromatic N) is 2. The van der Waals surface area contributed by atoms with Crippen molar-refractivity contribution in [1.82, 2.24) is 15.3 Å². The number of fused-ring (bicyclic) bond motifs is 1. The second-order valence-corrected chi connectivity index (χ2v) is 4.59. The molecule has 0 atom stereocenters. The molecule has 1 aromatic rings. The first-order valence-electron chi connectivity index (χ1n) is 6.31. The Labute approximate surface area is 97.7 Å². The van der Waals surface area contributed by atoms with E-state index in [1.54, 1.807) is 0 Å². The van der Waals surface area contributed by atoms with Crippen LogP contribution in [0.2, 0.25) is 0 Å². The summed E-state index contributed by atoms with van der Waals surface area (Å²) in [6, 6.07) is 0. The largest absolute Gasteiger partial charge is 0.317 e. The highest BCUT2D eigenvalue weighted by atomic mass is 14.9. The van der Waals surface area contributed by atoms with Gasteiger partial charge in [0.05, 0.1) is 0 Å². The van der Waals surface area contributed by atoms with E-state index in [0.29, 0.717) is 0 Å². The maximum absolute atomic E-state index is 4.62. The third-order valence-corrected chi connectivity index (χ3v) is 3.21. The Bertz CT molecular complexity index is 360. The average molecular weight is 219 g/mol. The predicted octanol–water partition coefficient (Wildman–Crippen LogP) is 1.95. The molecule has 0 aliphatic carbocycles. The normalized spacial score (nSPS) is 17.9. The van der Waals surface area contributed by atoms with Crippen molar-refractivity contribution in [3.8, 4) is 0 Å². The number of hydrogen-bond acceptors (Lipinski definition) is 3. The molecule has 1 aliphatic rings. The van der Waals surface area contributed by atoms with Crippen LogP contribution in [-0.2, 0) is 12.8 Å². The van der Waals surface area contributed by atoms with E-state index in [1.807, 2.05) is 6.92 Å². The van der Waals surface area contributed by atoms with Crippen molar-refractivity contribution in [2.45, 2.75) is 46.0 Å². The molecule has 1 aliphatic heterocycles. The molecule has 0 spiro atoms. The molecule has 0 fully saturated rings. The SMILES string of the molecule is Cc1nc(C)c2c(n1)CCCCNCCC2. The zero-order valence-electron chi connectivity index (χ0n) is 10.3. The second kappa shape index (κ2) is 5.39. The molecule has 3 nitrogen and oxygen atoms in total. The van der Waals surface area contributed by atoms with Crippen molar-refractivity contribution in [3.63, 3.8) is 0 Å². The van der Waals surface area contributed by atoms with Gasteiger partial charge >= 0.3 is 0 Å². The topological polar surface area (TPSA) is 37.8 Å². The van der Waals surface area contributed by atoms with Crippen molar-refractivity contribution in [3.05, 3.63) is 22.8 Å². The Kier molecular flexibility index (Phi) is 3.88. The van der Waals surface area contributed by atoms with Gasteiger partial charge in [0.15, 0.2) is 0 Å². The first-order valence-corrected chi connectivity index (χ1v) is 6.31. The molecule has 88 valence electrons. The van der Waals surface area contributed by atoms with Crippen LogP contribution in [0.25, 0.3) is 0 Å². The summed E-state index contributed by atoms with van der Waals surface area (Å²) in [6.45, 7) is 6.38. The fourth-order valence-corrected chi connectivity index (χ4v) is 2.40. The molecule has 2 heterocycles. The average Bonchev–Trinajstić information content (AvgIpc) is 2.25. The lowest BCUT2D eigenvalue weighted by molar-refractivity contribution is 0.583. The predicted molar refractivity (Wildman–Crippen MR) is 65.6 cm³/mol. The van der Waals surface area contributed by atoms with Crippen LogP contribution in [0.1, 0.15) is 42.0 Å². The summed E-state index contributed by atoms with van der Waals surface area (Å²) in [5, 5.41) is 3.48. The Morgan fingerprint density at radius 3 is 2.62 bits per heavy atom. The zero-order valence-corrected chi connectivity index (χ0v) is 10.3. The van der Waals surface area contributed by atoms with Crippen molar-refractivity contribution in [2.75, 3.05) is 13.1 Å². The fraction of sp³-hybridized carbons (Fsp3) is 0.692. The van der Waals surface area contributed by atoms with E-state index < -0.39 is 0 Å². The van der Waals surface area contributed by atoms with Crippen molar-refractivity contribution >= 4 is 0 Å². The number of aryl methyl sites for hydroxylation is 3. The summed E-state index contributed by atoms with van der Waals surface area (Å²) in [5.41, 5.74) is 3.88. The van der Waals surface area contributed by atoms with Crippen molar-refractivity contribution in [2.24, 2.45) is 0 Å². The Morgan fingerprint density at radius 2 is 1.75 bits per heavy atom. The number of hydrogen-bond donors (Lipinski definition) is 1. The molecule has 16 heavy (non-hydrogen) atoms. The second-order valence-electron chi connectivity index (χ2n) is 4.59. The Balaban J connectivity index is 2.26. The summed E-state index contributed by atoms with van der Waals surface area (Å²) < 4.78 is 0. The standard InChI is InChI=1S/C13H21N3/c1-10-12-6-5-9-14-8-4-3-7-13(12)16-11(2)15-10/h14H,3-9H2,1-2H3. The molecule has 0 unspecified atom stereocenters. The van der Waals surface area contributed by atoms with Crippen LogP contribution in [0.5, 0.6) is 0 Å². The van der Waals surface area contributed by atoms with Crippen LogP contribution >= 0.6 is 0 Å². The highest BCUT2D eigenvalue weighted by Gasteiger charge is 2.10. The maximum Gasteiger partial charge on any atom is 0.125 e. The lowest BCUT2D eigenvalue weighted by Crippen LogP contribution is -2.19. The van der Waals surface area contributed by atoms with Gasteiger partial charge in [-0.1, -0.05) is 0 Å². The van der Waals surface area contributed by atoms with E-state index in [-0.39, 0.29) is 0 Å². The molecule has 1 aromatic heterocycles. The molecule has 2 rings (SSSR count). The first kappa shape index (κ1) is 11.5. The highest BCUT2D eigenvalue weighted by Crippen LogP contribution is 2.16. The van der Waals surface area contributed by atoms with Crippen molar-refractivity contribution in [1.29, 1.82) is 0 Å². The van der Waals surface area contributed by atoms with Crippen LogP contribution < -0.4 is 5.32 Å². The number of rotatable bonds is 0. The van der Waals surface area contributed by atoms with Crippen LogP contribution in [0.4, 0.5) is 0 Å². The fourth-order valence-electron chi connectivity index (χ4n) is 2.40. The summed E-state index contributed by atoms with van der Waals surface area (Å²) in [5.74, 6) is 0.923. The molecule has 0 amide bonds. The minimum atomic E-state index is 0.923. The van der Waals surface area contributed by atoms with E-state index in [2.05, 4.69) is 22.2 Å². The van der Waals surface area contributed by atoms with Crippen molar-refractivity contribution < 1.29 is 0 Å². The van der Waals surface area contributed by atoms with E-state index in [1.165, 1.54) is 36.2 Å².